The van der Waals surface area contributed by atoms with Gasteiger partial charge in [-0.05, 0) is 31.4 Å². The first kappa shape index (κ1) is 16.6. The molecule has 1 amide bonds. The van der Waals surface area contributed by atoms with E-state index in [0.717, 1.165) is 31.5 Å². The maximum absolute atomic E-state index is 12.7. The van der Waals surface area contributed by atoms with E-state index in [1.807, 2.05) is 17.5 Å². The molecule has 132 valence electrons. The third-order valence-corrected chi connectivity index (χ3v) is 4.95. The van der Waals surface area contributed by atoms with Gasteiger partial charge < -0.3 is 4.90 Å². The van der Waals surface area contributed by atoms with Gasteiger partial charge in [-0.2, -0.15) is 0 Å². The Hall–Kier alpha value is -2.87. The van der Waals surface area contributed by atoms with E-state index in [1.165, 1.54) is 17.8 Å². The van der Waals surface area contributed by atoms with E-state index in [-0.39, 0.29) is 5.91 Å². The van der Waals surface area contributed by atoms with E-state index in [4.69, 9.17) is 4.98 Å². The van der Waals surface area contributed by atoms with Gasteiger partial charge in [0.1, 0.15) is 0 Å². The molecule has 0 atom stereocenters. The van der Waals surface area contributed by atoms with Crippen molar-refractivity contribution in [2.24, 2.45) is 0 Å². The molecule has 26 heavy (non-hydrogen) atoms. The maximum atomic E-state index is 12.7. The molecule has 4 heterocycles. The van der Waals surface area contributed by atoms with Crippen LogP contribution in [-0.2, 0) is 0 Å². The van der Waals surface area contributed by atoms with Crippen LogP contribution < -0.4 is 10.2 Å². The van der Waals surface area contributed by atoms with Gasteiger partial charge in [-0.1, -0.05) is 0 Å². The number of rotatable bonds is 4. The number of piperidine rings is 1. The standard InChI is InChI=1S/C18H18N6OS/c25-16(23-18-20-8-11-26-18)14-12-21-17(24-9-2-1-3-10-24)22-15(14)13-4-6-19-7-5-13/h4-8,11-12H,1-3,9-10H2,(H,20,23,25). The highest BCUT2D eigenvalue weighted by Crippen LogP contribution is 2.25. The lowest BCUT2D eigenvalue weighted by molar-refractivity contribution is 0.102. The number of pyridine rings is 1. The smallest absolute Gasteiger partial charge is 0.261 e. The quantitative estimate of drug-likeness (QED) is 0.763. The summed E-state index contributed by atoms with van der Waals surface area (Å²) >= 11 is 1.37. The summed E-state index contributed by atoms with van der Waals surface area (Å²) in [5.74, 6) is 0.402. The van der Waals surface area contributed by atoms with Gasteiger partial charge in [0.05, 0.1) is 11.3 Å². The normalized spacial score (nSPS) is 14.2. The number of aromatic nitrogens is 4. The SMILES string of the molecule is O=C(Nc1nccs1)c1cnc(N2CCCCC2)nc1-c1ccncc1. The van der Waals surface area contributed by atoms with E-state index >= 15 is 0 Å². The molecule has 1 N–H and O–H groups in total. The zero-order chi connectivity index (χ0) is 17.8. The molecule has 1 fully saturated rings. The van der Waals surface area contributed by atoms with Crippen molar-refractivity contribution in [2.75, 3.05) is 23.3 Å². The Morgan fingerprint density at radius 2 is 1.88 bits per heavy atom. The van der Waals surface area contributed by atoms with Gasteiger partial charge in [-0.25, -0.2) is 15.0 Å². The second-order valence-corrected chi connectivity index (χ2v) is 6.90. The third-order valence-electron chi connectivity index (χ3n) is 4.27. The van der Waals surface area contributed by atoms with Crippen LogP contribution in [-0.4, -0.2) is 38.9 Å². The minimum atomic E-state index is -0.267. The molecule has 0 radical (unpaired) electrons. The average Bonchev–Trinajstić information content (AvgIpc) is 3.22. The second kappa shape index (κ2) is 7.57. The largest absolute Gasteiger partial charge is 0.341 e. The van der Waals surface area contributed by atoms with Crippen LogP contribution in [0.5, 0.6) is 0 Å². The van der Waals surface area contributed by atoms with Crippen LogP contribution in [0.3, 0.4) is 0 Å². The molecular weight excluding hydrogens is 348 g/mol. The summed E-state index contributed by atoms with van der Waals surface area (Å²) in [6.45, 7) is 1.89. The minimum Gasteiger partial charge on any atom is -0.341 e. The van der Waals surface area contributed by atoms with Crippen LogP contribution in [0.15, 0.2) is 42.3 Å². The van der Waals surface area contributed by atoms with Gasteiger partial charge in [0, 0.05) is 48.8 Å². The molecule has 3 aromatic heterocycles. The van der Waals surface area contributed by atoms with Gasteiger partial charge in [-0.3, -0.25) is 15.1 Å². The zero-order valence-electron chi connectivity index (χ0n) is 14.1. The summed E-state index contributed by atoms with van der Waals surface area (Å²) in [6.07, 6.45) is 10.2. The number of hydrogen-bond acceptors (Lipinski definition) is 7. The summed E-state index contributed by atoms with van der Waals surface area (Å²) in [5, 5.41) is 5.17. The molecule has 0 saturated carbocycles. The van der Waals surface area contributed by atoms with Crippen molar-refractivity contribution >= 4 is 28.3 Å². The number of nitrogens with one attached hydrogen (secondary N) is 1. The Labute approximate surface area is 155 Å². The lowest BCUT2D eigenvalue weighted by Crippen LogP contribution is -2.31. The lowest BCUT2D eigenvalue weighted by Gasteiger charge is -2.27. The highest BCUT2D eigenvalue weighted by atomic mass is 32.1. The van der Waals surface area contributed by atoms with Crippen molar-refractivity contribution in [3.05, 3.63) is 47.9 Å². The molecule has 8 heteroatoms. The van der Waals surface area contributed by atoms with Crippen molar-refractivity contribution < 1.29 is 4.79 Å². The van der Waals surface area contributed by atoms with Crippen LogP contribution >= 0.6 is 11.3 Å². The lowest BCUT2D eigenvalue weighted by atomic mass is 10.1. The predicted molar refractivity (Wildman–Crippen MR) is 101 cm³/mol. The number of anilines is 2. The average molecular weight is 366 g/mol. The Bertz CT molecular complexity index is 878. The zero-order valence-corrected chi connectivity index (χ0v) is 14.9. The molecule has 0 aromatic carbocycles. The molecule has 0 bridgehead atoms. The van der Waals surface area contributed by atoms with Crippen LogP contribution in [0.4, 0.5) is 11.1 Å². The number of thiazole rings is 1. The minimum absolute atomic E-state index is 0.267. The van der Waals surface area contributed by atoms with Crippen molar-refractivity contribution in [3.63, 3.8) is 0 Å². The van der Waals surface area contributed by atoms with Gasteiger partial charge in [0.15, 0.2) is 5.13 Å². The van der Waals surface area contributed by atoms with Gasteiger partial charge in [-0.15, -0.1) is 11.3 Å². The Morgan fingerprint density at radius 1 is 1.08 bits per heavy atom. The molecule has 1 aliphatic heterocycles. The maximum Gasteiger partial charge on any atom is 0.261 e. The number of nitrogens with zero attached hydrogens (tertiary/aromatic N) is 5. The van der Waals surface area contributed by atoms with Gasteiger partial charge in [0.25, 0.3) is 5.91 Å². The Morgan fingerprint density at radius 3 is 2.62 bits per heavy atom. The Kier molecular flexibility index (Phi) is 4.83. The van der Waals surface area contributed by atoms with E-state index < -0.39 is 0 Å². The molecule has 0 unspecified atom stereocenters. The number of amides is 1. The summed E-state index contributed by atoms with van der Waals surface area (Å²) in [5.41, 5.74) is 1.87. The molecule has 1 saturated heterocycles. The second-order valence-electron chi connectivity index (χ2n) is 6.01. The molecule has 4 rings (SSSR count). The van der Waals surface area contributed by atoms with Gasteiger partial charge >= 0.3 is 0 Å². The fourth-order valence-electron chi connectivity index (χ4n) is 2.96. The van der Waals surface area contributed by atoms with E-state index in [9.17, 15) is 4.79 Å². The molecular formula is C18H18N6OS. The summed E-state index contributed by atoms with van der Waals surface area (Å²) in [6, 6.07) is 3.70. The van der Waals surface area contributed by atoms with E-state index in [0.29, 0.717) is 22.3 Å². The van der Waals surface area contributed by atoms with Crippen molar-refractivity contribution in [1.82, 2.24) is 19.9 Å². The number of hydrogen-bond donors (Lipinski definition) is 1. The van der Waals surface area contributed by atoms with E-state index in [2.05, 4.69) is 25.2 Å². The van der Waals surface area contributed by atoms with Crippen molar-refractivity contribution in [2.45, 2.75) is 19.3 Å². The van der Waals surface area contributed by atoms with E-state index in [1.54, 1.807) is 24.8 Å². The van der Waals surface area contributed by atoms with Crippen LogP contribution in [0.2, 0.25) is 0 Å². The highest BCUT2D eigenvalue weighted by Gasteiger charge is 2.20. The molecule has 3 aromatic rings. The fourth-order valence-corrected chi connectivity index (χ4v) is 3.49. The van der Waals surface area contributed by atoms with Crippen molar-refractivity contribution in [3.8, 4) is 11.3 Å². The predicted octanol–water partition coefficient (Wildman–Crippen LogP) is 3.24. The first-order valence-corrected chi connectivity index (χ1v) is 9.42. The molecule has 0 spiro atoms. The number of carbonyl (C=O) groups excluding carboxylic acids is 1. The van der Waals surface area contributed by atoms with Crippen molar-refractivity contribution in [1.29, 1.82) is 0 Å². The first-order chi connectivity index (χ1) is 12.8. The third kappa shape index (κ3) is 3.55. The topological polar surface area (TPSA) is 83.9 Å². The molecule has 0 aliphatic carbocycles. The Balaban J connectivity index is 1.71. The van der Waals surface area contributed by atoms with Crippen LogP contribution in [0.25, 0.3) is 11.3 Å². The summed E-state index contributed by atoms with van der Waals surface area (Å²) < 4.78 is 0. The van der Waals surface area contributed by atoms with Gasteiger partial charge in [0.2, 0.25) is 5.95 Å². The van der Waals surface area contributed by atoms with Crippen LogP contribution in [0.1, 0.15) is 29.6 Å². The number of carbonyl (C=O) groups is 1. The first-order valence-electron chi connectivity index (χ1n) is 8.54. The molecule has 1 aliphatic rings. The van der Waals surface area contributed by atoms with Crippen LogP contribution in [0, 0.1) is 0 Å². The fraction of sp³-hybridized carbons (Fsp3) is 0.278. The monoisotopic (exact) mass is 366 g/mol. The molecule has 7 nitrogen and oxygen atoms in total. The highest BCUT2D eigenvalue weighted by molar-refractivity contribution is 7.13. The summed E-state index contributed by atoms with van der Waals surface area (Å²) in [7, 11) is 0. The summed E-state index contributed by atoms with van der Waals surface area (Å²) in [4.78, 5) is 32.3.